The molecule has 206 valence electrons. The highest BCUT2D eigenvalue weighted by atomic mass is 16.6. The third-order valence-corrected chi connectivity index (χ3v) is 8.25. The molecule has 3 saturated heterocycles. The Kier molecular flexibility index (Phi) is 8.28. The maximum absolute atomic E-state index is 14.4. The van der Waals surface area contributed by atoms with Crippen molar-refractivity contribution in [3.63, 3.8) is 0 Å². The number of rotatable bonds is 13. The lowest BCUT2D eigenvalue weighted by molar-refractivity contribution is -0.160. The van der Waals surface area contributed by atoms with Crippen LogP contribution in [0.4, 0.5) is 5.69 Å². The molecule has 2 amide bonds. The number of amides is 2. The summed E-state index contributed by atoms with van der Waals surface area (Å²) in [6, 6.07) is 6.15. The third-order valence-electron chi connectivity index (χ3n) is 8.25. The number of aliphatic hydroxyl groups excluding tert-OH is 1. The second kappa shape index (κ2) is 11.3. The van der Waals surface area contributed by atoms with Crippen molar-refractivity contribution in [1.82, 2.24) is 4.90 Å². The fourth-order valence-corrected chi connectivity index (χ4v) is 6.53. The molecule has 38 heavy (non-hydrogen) atoms. The van der Waals surface area contributed by atoms with Crippen LogP contribution in [-0.2, 0) is 23.9 Å². The number of aliphatic hydroxyl groups is 1. The van der Waals surface area contributed by atoms with E-state index in [2.05, 4.69) is 13.2 Å². The Bertz CT molecular complexity index is 1070. The summed E-state index contributed by atoms with van der Waals surface area (Å²) in [5.41, 5.74) is -1.40. The van der Waals surface area contributed by atoms with Gasteiger partial charge in [0.15, 0.2) is 0 Å². The first-order valence-electron chi connectivity index (χ1n) is 13.3. The molecule has 1 N–H and O–H groups in total. The number of hydrogen-bond donors (Lipinski definition) is 1. The van der Waals surface area contributed by atoms with Crippen molar-refractivity contribution in [3.8, 4) is 5.75 Å². The van der Waals surface area contributed by atoms with Gasteiger partial charge in [0.05, 0.1) is 25.2 Å². The molecular weight excluding hydrogens is 488 g/mol. The summed E-state index contributed by atoms with van der Waals surface area (Å²) < 4.78 is 17.6. The maximum Gasteiger partial charge on any atom is 0.312 e. The molecule has 3 aliphatic heterocycles. The second-order valence-electron chi connectivity index (χ2n) is 10.1. The average Bonchev–Trinajstić information content (AvgIpc) is 3.54. The van der Waals surface area contributed by atoms with Crippen molar-refractivity contribution in [1.29, 1.82) is 0 Å². The minimum atomic E-state index is -1.16. The van der Waals surface area contributed by atoms with Gasteiger partial charge in [0.2, 0.25) is 5.91 Å². The van der Waals surface area contributed by atoms with Crippen LogP contribution in [0.2, 0.25) is 0 Å². The fourth-order valence-electron chi connectivity index (χ4n) is 6.53. The lowest BCUT2D eigenvalue weighted by Crippen LogP contribution is -2.56. The van der Waals surface area contributed by atoms with Crippen molar-refractivity contribution >= 4 is 23.5 Å². The number of carbonyl (C=O) groups is 3. The Labute approximate surface area is 224 Å². The summed E-state index contributed by atoms with van der Waals surface area (Å²) >= 11 is 0. The monoisotopic (exact) mass is 526 g/mol. The summed E-state index contributed by atoms with van der Waals surface area (Å²) in [5, 5.41) is 9.56. The lowest BCUT2D eigenvalue weighted by Gasteiger charge is -2.37. The van der Waals surface area contributed by atoms with Crippen LogP contribution in [0.25, 0.3) is 0 Å². The molecule has 4 rings (SSSR count). The summed E-state index contributed by atoms with van der Waals surface area (Å²) in [7, 11) is 1.57. The maximum atomic E-state index is 14.4. The van der Waals surface area contributed by atoms with Gasteiger partial charge in [-0.1, -0.05) is 19.1 Å². The molecule has 0 aliphatic carbocycles. The van der Waals surface area contributed by atoms with Crippen LogP contribution in [0, 0.1) is 11.8 Å². The lowest BCUT2D eigenvalue weighted by atomic mass is 9.65. The van der Waals surface area contributed by atoms with Gasteiger partial charge in [-0.2, -0.15) is 0 Å². The Morgan fingerprint density at radius 3 is 2.58 bits per heavy atom. The largest absolute Gasteiger partial charge is 0.497 e. The van der Waals surface area contributed by atoms with Gasteiger partial charge in [-0.25, -0.2) is 0 Å². The normalized spacial score (nSPS) is 29.2. The molecule has 1 aromatic rings. The number of methoxy groups -OCH3 is 1. The van der Waals surface area contributed by atoms with Gasteiger partial charge in [-0.05, 0) is 56.4 Å². The highest BCUT2D eigenvalue weighted by molar-refractivity contribution is 6.04. The van der Waals surface area contributed by atoms with E-state index in [4.69, 9.17) is 14.2 Å². The molecule has 3 fully saturated rings. The van der Waals surface area contributed by atoms with Gasteiger partial charge in [-0.15, -0.1) is 13.2 Å². The molecule has 3 heterocycles. The van der Waals surface area contributed by atoms with E-state index in [-0.39, 0.29) is 38.1 Å². The number of likely N-dealkylation sites (tertiary alicyclic amines) is 1. The average molecular weight is 527 g/mol. The summed E-state index contributed by atoms with van der Waals surface area (Å²) in [6.07, 6.45) is 5.65. The number of anilines is 1. The van der Waals surface area contributed by atoms with E-state index in [1.807, 2.05) is 6.92 Å². The van der Waals surface area contributed by atoms with E-state index in [1.165, 1.54) is 4.90 Å². The summed E-state index contributed by atoms with van der Waals surface area (Å²) in [6.45, 7) is 9.87. The predicted octanol–water partition coefficient (Wildman–Crippen LogP) is 2.87. The van der Waals surface area contributed by atoms with E-state index in [1.54, 1.807) is 48.4 Å². The van der Waals surface area contributed by atoms with Gasteiger partial charge in [0, 0.05) is 25.4 Å². The van der Waals surface area contributed by atoms with E-state index in [9.17, 15) is 19.5 Å². The number of esters is 1. The van der Waals surface area contributed by atoms with E-state index >= 15 is 0 Å². The zero-order valence-electron chi connectivity index (χ0n) is 22.3. The molecule has 0 aromatic heterocycles. The molecule has 3 aliphatic rings. The predicted molar refractivity (Wildman–Crippen MR) is 142 cm³/mol. The fraction of sp³-hybridized carbons (Fsp3) is 0.552. The summed E-state index contributed by atoms with van der Waals surface area (Å²) in [4.78, 5) is 44.9. The highest BCUT2D eigenvalue weighted by Gasteiger charge is 2.79. The Hall–Kier alpha value is -3.17. The van der Waals surface area contributed by atoms with Crippen molar-refractivity contribution in [2.24, 2.45) is 11.8 Å². The SMILES string of the molecule is C=CCCOC(=O)[C@@H]1[C@H]2C(=O)N(CCCO)C(C(=O)N(CC=C)c3ccc(OC)cc3)C23CC[C@@]1(CC)O3. The molecule has 9 heteroatoms. The second-order valence-corrected chi connectivity index (χ2v) is 10.1. The van der Waals surface area contributed by atoms with Crippen LogP contribution in [0.1, 0.15) is 39.0 Å². The van der Waals surface area contributed by atoms with Gasteiger partial charge in [-0.3, -0.25) is 14.4 Å². The molecule has 0 radical (unpaired) electrons. The minimum Gasteiger partial charge on any atom is -0.497 e. The number of hydrogen-bond acceptors (Lipinski definition) is 7. The van der Waals surface area contributed by atoms with Gasteiger partial charge < -0.3 is 29.1 Å². The molecule has 5 atom stereocenters. The first kappa shape index (κ1) is 27.9. The van der Waals surface area contributed by atoms with Gasteiger partial charge in [0.1, 0.15) is 23.3 Å². The van der Waals surface area contributed by atoms with Crippen molar-refractivity contribution < 1.29 is 33.7 Å². The highest BCUT2D eigenvalue weighted by Crippen LogP contribution is 2.64. The van der Waals surface area contributed by atoms with Crippen LogP contribution in [0.5, 0.6) is 5.75 Å². The Morgan fingerprint density at radius 1 is 1.24 bits per heavy atom. The minimum absolute atomic E-state index is 0.135. The number of nitrogens with zero attached hydrogens (tertiary/aromatic N) is 2. The zero-order chi connectivity index (χ0) is 27.5. The Morgan fingerprint density at radius 2 is 1.97 bits per heavy atom. The van der Waals surface area contributed by atoms with Crippen LogP contribution in [0.15, 0.2) is 49.6 Å². The molecule has 2 unspecified atom stereocenters. The number of fused-ring (bicyclic) bond motifs is 1. The molecule has 1 aromatic carbocycles. The van der Waals surface area contributed by atoms with Crippen LogP contribution in [-0.4, -0.2) is 78.4 Å². The number of benzene rings is 1. The van der Waals surface area contributed by atoms with Gasteiger partial charge in [0.25, 0.3) is 5.91 Å². The quantitative estimate of drug-likeness (QED) is 0.239. The van der Waals surface area contributed by atoms with Crippen molar-refractivity contribution in [3.05, 3.63) is 49.6 Å². The number of ether oxygens (including phenoxy) is 3. The van der Waals surface area contributed by atoms with Crippen molar-refractivity contribution in [2.45, 2.75) is 56.3 Å². The molecular formula is C29H38N2O7. The van der Waals surface area contributed by atoms with Gasteiger partial charge >= 0.3 is 5.97 Å². The first-order valence-corrected chi connectivity index (χ1v) is 13.3. The topological polar surface area (TPSA) is 106 Å². The Balaban J connectivity index is 1.76. The van der Waals surface area contributed by atoms with E-state index in [0.29, 0.717) is 43.5 Å². The molecule has 1 spiro atoms. The smallest absolute Gasteiger partial charge is 0.312 e. The first-order chi connectivity index (χ1) is 18.3. The van der Waals surface area contributed by atoms with Crippen LogP contribution in [0.3, 0.4) is 0 Å². The molecule has 9 nitrogen and oxygen atoms in total. The van der Waals surface area contributed by atoms with Crippen LogP contribution >= 0.6 is 0 Å². The molecule has 0 saturated carbocycles. The summed E-state index contributed by atoms with van der Waals surface area (Å²) in [5.74, 6) is -2.06. The van der Waals surface area contributed by atoms with E-state index in [0.717, 1.165) is 0 Å². The van der Waals surface area contributed by atoms with Crippen LogP contribution < -0.4 is 9.64 Å². The zero-order valence-corrected chi connectivity index (χ0v) is 22.3. The standard InChI is InChI=1S/C29H38N2O7/c1-5-8-19-37-27(35)23-22-25(33)31(17-9-18-32)24(29(22)15-14-28(23,7-3)38-29)26(34)30(16-6-2)20-10-12-21(36-4)13-11-20/h5-6,10-13,22-24,32H,1-2,7-9,14-19H2,3-4H3/t22-,23-,24?,28+,29?/m0/s1. The third kappa shape index (κ3) is 4.41. The number of carbonyl (C=O) groups excluding carboxylic acids is 3. The molecule has 2 bridgehead atoms. The van der Waals surface area contributed by atoms with E-state index < -0.39 is 35.0 Å². The van der Waals surface area contributed by atoms with Crippen molar-refractivity contribution in [2.75, 3.05) is 38.3 Å².